The van der Waals surface area contributed by atoms with E-state index in [9.17, 15) is 0 Å². The maximum atomic E-state index is 5.70. The topological polar surface area (TPSA) is 9.23 Å². The predicted molar refractivity (Wildman–Crippen MR) is 99.5 cm³/mol. The maximum Gasteiger partial charge on any atom is 0.122 e. The summed E-state index contributed by atoms with van der Waals surface area (Å²) >= 11 is 0. The van der Waals surface area contributed by atoms with Gasteiger partial charge in [-0.25, -0.2) is 0 Å². The van der Waals surface area contributed by atoms with Gasteiger partial charge in [-0.2, -0.15) is 0 Å². The van der Waals surface area contributed by atoms with E-state index in [1.54, 1.807) is 7.11 Å². The highest BCUT2D eigenvalue weighted by molar-refractivity contribution is 5.48. The van der Waals surface area contributed by atoms with Crippen molar-refractivity contribution < 1.29 is 4.74 Å². The van der Waals surface area contributed by atoms with Gasteiger partial charge in [-0.3, -0.25) is 0 Å². The first-order chi connectivity index (χ1) is 11.3. The van der Waals surface area contributed by atoms with Crippen LogP contribution in [0.4, 0.5) is 0 Å². The van der Waals surface area contributed by atoms with E-state index in [1.807, 2.05) is 0 Å². The second-order valence-corrected chi connectivity index (χ2v) is 6.25. The lowest BCUT2D eigenvalue weighted by Gasteiger charge is -2.18. The molecule has 0 bridgehead atoms. The standard InChI is InChI=1S/C22H30O/c1-4-6-13-19-15-16-22(23-3)21(20(19)14-7-5-2)17-18-11-9-8-10-12-18/h8-12,15-16H,4-7,13-14,17H2,1-3H3. The molecule has 0 aliphatic carbocycles. The first kappa shape index (κ1) is 17.6. The number of methoxy groups -OCH3 is 1. The third kappa shape index (κ3) is 4.86. The minimum atomic E-state index is 0.961. The summed E-state index contributed by atoms with van der Waals surface area (Å²) in [5.41, 5.74) is 5.80. The van der Waals surface area contributed by atoms with Crippen LogP contribution in [0.15, 0.2) is 42.5 Å². The molecular formula is C22H30O. The highest BCUT2D eigenvalue weighted by Gasteiger charge is 2.14. The normalized spacial score (nSPS) is 10.7. The molecule has 0 radical (unpaired) electrons. The summed E-state index contributed by atoms with van der Waals surface area (Å²) in [6.07, 6.45) is 8.28. The number of ether oxygens (including phenoxy) is 1. The van der Waals surface area contributed by atoms with Crippen LogP contribution in [-0.4, -0.2) is 7.11 Å². The molecule has 0 fully saturated rings. The molecule has 2 aromatic rings. The largest absolute Gasteiger partial charge is 0.496 e. The monoisotopic (exact) mass is 310 g/mol. The first-order valence-corrected chi connectivity index (χ1v) is 9.01. The molecule has 2 rings (SSSR count). The lowest BCUT2D eigenvalue weighted by Crippen LogP contribution is -2.05. The van der Waals surface area contributed by atoms with Crippen LogP contribution in [0.2, 0.25) is 0 Å². The smallest absolute Gasteiger partial charge is 0.122 e. The summed E-state index contributed by atoms with van der Waals surface area (Å²) in [5, 5.41) is 0. The summed E-state index contributed by atoms with van der Waals surface area (Å²) in [5.74, 6) is 1.04. The second kappa shape index (κ2) is 9.39. The maximum absolute atomic E-state index is 5.70. The zero-order valence-corrected chi connectivity index (χ0v) is 14.9. The third-order valence-corrected chi connectivity index (χ3v) is 4.51. The Kier molecular flexibility index (Phi) is 7.19. The van der Waals surface area contributed by atoms with Gasteiger partial charge in [-0.15, -0.1) is 0 Å². The van der Waals surface area contributed by atoms with Gasteiger partial charge in [-0.1, -0.05) is 63.1 Å². The summed E-state index contributed by atoms with van der Waals surface area (Å²) < 4.78 is 5.70. The molecule has 124 valence electrons. The van der Waals surface area contributed by atoms with E-state index < -0.39 is 0 Å². The van der Waals surface area contributed by atoms with Gasteiger partial charge in [-0.05, 0) is 48.4 Å². The fourth-order valence-corrected chi connectivity index (χ4v) is 3.17. The second-order valence-electron chi connectivity index (χ2n) is 6.25. The van der Waals surface area contributed by atoms with E-state index in [0.717, 1.165) is 18.6 Å². The van der Waals surface area contributed by atoms with Crippen LogP contribution in [-0.2, 0) is 19.3 Å². The molecule has 0 atom stereocenters. The molecule has 1 heteroatoms. The number of aryl methyl sites for hydroxylation is 1. The summed E-state index contributed by atoms with van der Waals surface area (Å²) in [6, 6.07) is 15.2. The molecule has 2 aromatic carbocycles. The highest BCUT2D eigenvalue weighted by Crippen LogP contribution is 2.30. The Balaban J connectivity index is 2.41. The molecule has 0 aliphatic rings. The zero-order chi connectivity index (χ0) is 16.5. The molecule has 0 N–H and O–H groups in total. The van der Waals surface area contributed by atoms with Crippen LogP contribution < -0.4 is 4.74 Å². The summed E-state index contributed by atoms with van der Waals surface area (Å²) in [7, 11) is 1.79. The van der Waals surface area contributed by atoms with Crippen molar-refractivity contribution in [3.05, 3.63) is 64.7 Å². The number of hydrogen-bond acceptors (Lipinski definition) is 1. The van der Waals surface area contributed by atoms with Gasteiger partial charge in [0.25, 0.3) is 0 Å². The Morgan fingerprint density at radius 1 is 0.783 bits per heavy atom. The Labute approximate surface area is 141 Å². The average molecular weight is 310 g/mol. The van der Waals surface area contributed by atoms with E-state index in [-0.39, 0.29) is 0 Å². The fourth-order valence-electron chi connectivity index (χ4n) is 3.17. The van der Waals surface area contributed by atoms with E-state index >= 15 is 0 Å². The van der Waals surface area contributed by atoms with Crippen molar-refractivity contribution in [2.45, 2.75) is 58.8 Å². The van der Waals surface area contributed by atoms with Crippen molar-refractivity contribution in [3.63, 3.8) is 0 Å². The van der Waals surface area contributed by atoms with Crippen LogP contribution in [0.1, 0.15) is 61.8 Å². The zero-order valence-electron chi connectivity index (χ0n) is 14.9. The van der Waals surface area contributed by atoms with Crippen LogP contribution in [0.5, 0.6) is 5.75 Å². The first-order valence-electron chi connectivity index (χ1n) is 9.01. The molecule has 0 unspecified atom stereocenters. The number of rotatable bonds is 9. The molecule has 0 saturated heterocycles. The van der Waals surface area contributed by atoms with Gasteiger partial charge < -0.3 is 4.74 Å². The van der Waals surface area contributed by atoms with Gasteiger partial charge in [0.05, 0.1) is 7.11 Å². The molecule has 0 aliphatic heterocycles. The van der Waals surface area contributed by atoms with Crippen LogP contribution >= 0.6 is 0 Å². The molecule has 1 nitrogen and oxygen atoms in total. The highest BCUT2D eigenvalue weighted by atomic mass is 16.5. The minimum absolute atomic E-state index is 0.961. The molecular weight excluding hydrogens is 280 g/mol. The van der Waals surface area contributed by atoms with Crippen molar-refractivity contribution in [2.24, 2.45) is 0 Å². The molecule has 0 heterocycles. The summed E-state index contributed by atoms with van der Waals surface area (Å²) in [4.78, 5) is 0. The summed E-state index contributed by atoms with van der Waals surface area (Å²) in [6.45, 7) is 4.53. The Hall–Kier alpha value is -1.76. The van der Waals surface area contributed by atoms with E-state index in [1.165, 1.54) is 54.4 Å². The van der Waals surface area contributed by atoms with E-state index in [4.69, 9.17) is 4.74 Å². The Morgan fingerprint density at radius 2 is 1.48 bits per heavy atom. The average Bonchev–Trinajstić information content (AvgIpc) is 2.60. The van der Waals surface area contributed by atoms with E-state index in [0.29, 0.717) is 0 Å². The van der Waals surface area contributed by atoms with Crippen molar-refractivity contribution in [3.8, 4) is 5.75 Å². The minimum Gasteiger partial charge on any atom is -0.496 e. The number of benzene rings is 2. The quantitative estimate of drug-likeness (QED) is 0.554. The van der Waals surface area contributed by atoms with Crippen LogP contribution in [0.3, 0.4) is 0 Å². The van der Waals surface area contributed by atoms with Gasteiger partial charge in [0.1, 0.15) is 5.75 Å². The predicted octanol–water partition coefficient (Wildman–Crippen LogP) is 5.97. The van der Waals surface area contributed by atoms with E-state index in [2.05, 4.69) is 56.3 Å². The van der Waals surface area contributed by atoms with Crippen LogP contribution in [0.25, 0.3) is 0 Å². The Morgan fingerprint density at radius 3 is 2.13 bits per heavy atom. The fraction of sp³-hybridized carbons (Fsp3) is 0.455. The van der Waals surface area contributed by atoms with Gasteiger partial charge in [0, 0.05) is 12.0 Å². The van der Waals surface area contributed by atoms with Crippen molar-refractivity contribution in [1.82, 2.24) is 0 Å². The lowest BCUT2D eigenvalue weighted by atomic mass is 9.89. The lowest BCUT2D eigenvalue weighted by molar-refractivity contribution is 0.409. The number of unbranched alkanes of at least 4 members (excludes halogenated alkanes) is 2. The molecule has 0 saturated carbocycles. The van der Waals surface area contributed by atoms with Crippen molar-refractivity contribution in [1.29, 1.82) is 0 Å². The number of hydrogen-bond donors (Lipinski definition) is 0. The van der Waals surface area contributed by atoms with Gasteiger partial charge in [0.15, 0.2) is 0 Å². The Bertz CT molecular complexity index is 586. The third-order valence-electron chi connectivity index (χ3n) is 4.51. The SMILES string of the molecule is CCCCc1ccc(OC)c(Cc2ccccc2)c1CCCC. The van der Waals surface area contributed by atoms with Gasteiger partial charge >= 0.3 is 0 Å². The van der Waals surface area contributed by atoms with Crippen LogP contribution in [0, 0.1) is 0 Å². The van der Waals surface area contributed by atoms with Gasteiger partial charge in [0.2, 0.25) is 0 Å². The molecule has 23 heavy (non-hydrogen) atoms. The molecule has 0 aromatic heterocycles. The molecule has 0 spiro atoms. The molecule has 0 amide bonds. The van der Waals surface area contributed by atoms with Crippen molar-refractivity contribution in [2.75, 3.05) is 7.11 Å². The van der Waals surface area contributed by atoms with Crippen molar-refractivity contribution >= 4 is 0 Å².